The van der Waals surface area contributed by atoms with Crippen LogP contribution in [-0.2, 0) is 9.53 Å². The summed E-state index contributed by atoms with van der Waals surface area (Å²) in [5.74, 6) is 1.11. The molecule has 0 radical (unpaired) electrons. The molecule has 76 valence electrons. The Morgan fingerprint density at radius 2 is 2.46 bits per heavy atom. The molecule has 1 aliphatic heterocycles. The van der Waals surface area contributed by atoms with Crippen molar-refractivity contribution in [2.45, 2.75) is 12.8 Å². The van der Waals surface area contributed by atoms with Crippen LogP contribution in [0.4, 0.5) is 0 Å². The lowest BCUT2D eigenvalue weighted by atomic mass is 10.1. The zero-order chi connectivity index (χ0) is 9.68. The maximum Gasteiger partial charge on any atom is 0.223 e. The van der Waals surface area contributed by atoms with Crippen molar-refractivity contribution in [1.29, 1.82) is 0 Å². The van der Waals surface area contributed by atoms with Crippen molar-refractivity contribution >= 4 is 17.5 Å². The van der Waals surface area contributed by atoms with E-state index >= 15 is 0 Å². The lowest BCUT2D eigenvalue weighted by molar-refractivity contribution is -0.129. The topological polar surface area (TPSA) is 29.5 Å². The maximum atomic E-state index is 11.4. The molecule has 1 saturated heterocycles. The van der Waals surface area contributed by atoms with Crippen LogP contribution in [0.15, 0.2) is 0 Å². The van der Waals surface area contributed by atoms with Gasteiger partial charge in [0.05, 0.1) is 6.61 Å². The molecular formula is C9H16ClNO2. The first-order valence-electron chi connectivity index (χ1n) is 4.60. The summed E-state index contributed by atoms with van der Waals surface area (Å²) in [6, 6.07) is 0. The number of amides is 1. The van der Waals surface area contributed by atoms with E-state index in [-0.39, 0.29) is 5.91 Å². The lowest BCUT2D eigenvalue weighted by Crippen LogP contribution is -2.29. The van der Waals surface area contributed by atoms with E-state index in [2.05, 4.69) is 0 Å². The fourth-order valence-corrected chi connectivity index (χ4v) is 1.83. The molecule has 13 heavy (non-hydrogen) atoms. The van der Waals surface area contributed by atoms with Gasteiger partial charge in [0.1, 0.15) is 0 Å². The molecule has 0 aromatic heterocycles. The number of hydrogen-bond acceptors (Lipinski definition) is 2. The van der Waals surface area contributed by atoms with Crippen molar-refractivity contribution in [2.75, 3.05) is 32.7 Å². The average Bonchev–Trinajstić information content (AvgIpc) is 2.54. The monoisotopic (exact) mass is 205 g/mol. The number of ether oxygens (including phenoxy) is 1. The molecule has 0 aromatic rings. The van der Waals surface area contributed by atoms with Gasteiger partial charge in [-0.3, -0.25) is 4.79 Å². The van der Waals surface area contributed by atoms with Crippen molar-refractivity contribution in [1.82, 2.24) is 4.90 Å². The second-order valence-electron chi connectivity index (χ2n) is 3.39. The van der Waals surface area contributed by atoms with Crippen LogP contribution in [-0.4, -0.2) is 43.5 Å². The van der Waals surface area contributed by atoms with Gasteiger partial charge >= 0.3 is 0 Å². The predicted octanol–water partition coefficient (Wildman–Crippen LogP) is 1.11. The van der Waals surface area contributed by atoms with E-state index in [9.17, 15) is 4.79 Å². The van der Waals surface area contributed by atoms with Crippen LogP contribution >= 0.6 is 11.6 Å². The number of rotatable bonds is 4. The number of carbonyl (C=O) groups excluding carboxylic acids is 1. The molecule has 0 saturated carbocycles. The SMILES string of the molecule is COC[C@@H]1CCN(C(=O)CCCl)C1. The highest BCUT2D eigenvalue weighted by Gasteiger charge is 2.25. The Hall–Kier alpha value is -0.280. The maximum absolute atomic E-state index is 11.4. The molecule has 3 nitrogen and oxygen atoms in total. The Kier molecular flexibility index (Phi) is 4.53. The van der Waals surface area contributed by atoms with E-state index in [0.717, 1.165) is 26.1 Å². The van der Waals surface area contributed by atoms with E-state index in [0.29, 0.717) is 18.2 Å². The Labute approximate surface area is 84.0 Å². The lowest BCUT2D eigenvalue weighted by Gasteiger charge is -2.15. The average molecular weight is 206 g/mol. The molecule has 1 aliphatic rings. The molecule has 1 amide bonds. The first-order chi connectivity index (χ1) is 6.27. The normalized spacial score (nSPS) is 22.3. The molecule has 1 atom stereocenters. The van der Waals surface area contributed by atoms with Crippen LogP contribution in [0.1, 0.15) is 12.8 Å². The van der Waals surface area contributed by atoms with Gasteiger partial charge in [0.15, 0.2) is 0 Å². The number of likely N-dealkylation sites (tertiary alicyclic amines) is 1. The second-order valence-corrected chi connectivity index (χ2v) is 3.77. The summed E-state index contributed by atoms with van der Waals surface area (Å²) in [6.45, 7) is 2.46. The summed E-state index contributed by atoms with van der Waals surface area (Å²) in [5.41, 5.74) is 0. The van der Waals surface area contributed by atoms with Gasteiger partial charge in [-0.05, 0) is 6.42 Å². The van der Waals surface area contributed by atoms with Gasteiger partial charge in [0.2, 0.25) is 5.91 Å². The molecule has 0 spiro atoms. The summed E-state index contributed by atoms with van der Waals surface area (Å²) in [5, 5.41) is 0. The highest BCUT2D eigenvalue weighted by atomic mass is 35.5. The van der Waals surface area contributed by atoms with Crippen molar-refractivity contribution in [2.24, 2.45) is 5.92 Å². The van der Waals surface area contributed by atoms with Crippen LogP contribution < -0.4 is 0 Å². The molecule has 1 heterocycles. The highest BCUT2D eigenvalue weighted by molar-refractivity contribution is 6.18. The van der Waals surface area contributed by atoms with Crippen molar-refractivity contribution in [3.05, 3.63) is 0 Å². The molecule has 1 fully saturated rings. The fourth-order valence-electron chi connectivity index (χ4n) is 1.67. The van der Waals surface area contributed by atoms with Crippen LogP contribution in [0.5, 0.6) is 0 Å². The second kappa shape index (κ2) is 5.45. The predicted molar refractivity (Wildman–Crippen MR) is 51.9 cm³/mol. The Balaban J connectivity index is 2.27. The molecule has 0 aromatic carbocycles. The third-order valence-electron chi connectivity index (χ3n) is 2.35. The van der Waals surface area contributed by atoms with Crippen LogP contribution in [0.25, 0.3) is 0 Å². The van der Waals surface area contributed by atoms with Crippen LogP contribution in [0.3, 0.4) is 0 Å². The molecule has 0 unspecified atom stereocenters. The van der Waals surface area contributed by atoms with Gasteiger partial charge in [-0.15, -0.1) is 11.6 Å². The number of nitrogens with zero attached hydrogens (tertiary/aromatic N) is 1. The zero-order valence-electron chi connectivity index (χ0n) is 7.96. The number of methoxy groups -OCH3 is 1. The minimum Gasteiger partial charge on any atom is -0.384 e. The van der Waals surface area contributed by atoms with E-state index in [4.69, 9.17) is 16.3 Å². The number of halogens is 1. The van der Waals surface area contributed by atoms with E-state index < -0.39 is 0 Å². The smallest absolute Gasteiger partial charge is 0.223 e. The third kappa shape index (κ3) is 3.16. The summed E-state index contributed by atoms with van der Waals surface area (Å²) in [4.78, 5) is 13.3. The fraction of sp³-hybridized carbons (Fsp3) is 0.889. The molecule has 1 rings (SSSR count). The van der Waals surface area contributed by atoms with Crippen molar-refractivity contribution < 1.29 is 9.53 Å². The zero-order valence-corrected chi connectivity index (χ0v) is 8.72. The van der Waals surface area contributed by atoms with Crippen LogP contribution in [0.2, 0.25) is 0 Å². The molecule has 0 N–H and O–H groups in total. The number of hydrogen-bond donors (Lipinski definition) is 0. The quantitative estimate of drug-likeness (QED) is 0.644. The third-order valence-corrected chi connectivity index (χ3v) is 2.54. The minimum atomic E-state index is 0.175. The summed E-state index contributed by atoms with van der Waals surface area (Å²) >= 11 is 5.50. The van der Waals surface area contributed by atoms with Gasteiger partial charge in [-0.1, -0.05) is 0 Å². The molecule has 0 bridgehead atoms. The van der Waals surface area contributed by atoms with Gasteiger partial charge < -0.3 is 9.64 Å². The largest absolute Gasteiger partial charge is 0.384 e. The molecular weight excluding hydrogens is 190 g/mol. The molecule has 0 aliphatic carbocycles. The Bertz CT molecular complexity index is 175. The van der Waals surface area contributed by atoms with Gasteiger partial charge in [0, 0.05) is 38.4 Å². The van der Waals surface area contributed by atoms with Gasteiger partial charge in [-0.2, -0.15) is 0 Å². The summed E-state index contributed by atoms with van der Waals surface area (Å²) in [7, 11) is 1.70. The number of carbonyl (C=O) groups is 1. The summed E-state index contributed by atoms with van der Waals surface area (Å²) < 4.78 is 5.05. The molecule has 4 heteroatoms. The van der Waals surface area contributed by atoms with Gasteiger partial charge in [-0.25, -0.2) is 0 Å². The minimum absolute atomic E-state index is 0.175. The number of alkyl halides is 1. The standard InChI is InChI=1S/C9H16ClNO2/c1-13-7-8-3-5-11(6-8)9(12)2-4-10/h8H,2-7H2,1H3/t8-/m1/s1. The van der Waals surface area contributed by atoms with E-state index in [1.54, 1.807) is 7.11 Å². The Morgan fingerprint density at radius 3 is 3.08 bits per heavy atom. The first-order valence-corrected chi connectivity index (χ1v) is 5.14. The van der Waals surface area contributed by atoms with E-state index in [1.807, 2.05) is 4.90 Å². The van der Waals surface area contributed by atoms with E-state index in [1.165, 1.54) is 0 Å². The van der Waals surface area contributed by atoms with Crippen molar-refractivity contribution in [3.8, 4) is 0 Å². The Morgan fingerprint density at radius 1 is 1.69 bits per heavy atom. The van der Waals surface area contributed by atoms with Crippen LogP contribution in [0, 0.1) is 5.92 Å². The first kappa shape index (κ1) is 10.8. The van der Waals surface area contributed by atoms with Crippen molar-refractivity contribution in [3.63, 3.8) is 0 Å². The van der Waals surface area contributed by atoms with Gasteiger partial charge in [0.25, 0.3) is 0 Å². The highest BCUT2D eigenvalue weighted by Crippen LogP contribution is 2.17. The summed E-state index contributed by atoms with van der Waals surface area (Å²) in [6.07, 6.45) is 1.52.